The van der Waals surface area contributed by atoms with Gasteiger partial charge < -0.3 is 15.4 Å². The molecule has 2 amide bonds. The van der Waals surface area contributed by atoms with Crippen LogP contribution in [0.15, 0.2) is 36.5 Å². The Labute approximate surface area is 237 Å². The minimum Gasteiger partial charge on any atom is -0.471 e. The number of aryl methyl sites for hydroxylation is 1. The summed E-state index contributed by atoms with van der Waals surface area (Å²) in [6.07, 6.45) is 1.68. The van der Waals surface area contributed by atoms with Gasteiger partial charge in [0, 0.05) is 23.8 Å². The Morgan fingerprint density at radius 3 is 2.51 bits per heavy atom. The van der Waals surface area contributed by atoms with Crippen molar-refractivity contribution in [1.29, 1.82) is 0 Å². The van der Waals surface area contributed by atoms with Crippen LogP contribution in [0.1, 0.15) is 53.6 Å². The quantitative estimate of drug-likeness (QED) is 0.393. The first-order valence-corrected chi connectivity index (χ1v) is 14.8. The van der Waals surface area contributed by atoms with Gasteiger partial charge in [-0.05, 0) is 48.6 Å². The molecule has 2 aromatic heterocycles. The van der Waals surface area contributed by atoms with E-state index in [-0.39, 0.29) is 56.5 Å². The molecule has 10 nitrogen and oxygen atoms in total. The molecule has 208 valence electrons. The molecule has 13 heteroatoms. The number of nitrogens with one attached hydrogen (secondary N) is 2. The van der Waals surface area contributed by atoms with E-state index in [4.69, 9.17) is 27.9 Å². The minimum absolute atomic E-state index is 0.0150. The molecule has 0 atom stereocenters. The third-order valence-corrected chi connectivity index (χ3v) is 8.24. The standard InChI is InChI=1S/C26H29Cl2N5O5S/c1-15-10-16(27)11-18(24(34)30-9-7-26(2,3)4)22(15)31-25(35)20-12-21(38-17-13-39(36,37)14-17)32-33(20)23-19(28)6-5-8-29-23/h5-6,8,10-12,17H,7,9,13-14H2,1-4H3,(H,30,34)(H,31,35). The average molecular weight is 595 g/mol. The van der Waals surface area contributed by atoms with Gasteiger partial charge in [-0.1, -0.05) is 44.0 Å². The van der Waals surface area contributed by atoms with Gasteiger partial charge in [0.05, 0.1) is 27.8 Å². The van der Waals surface area contributed by atoms with E-state index >= 15 is 0 Å². The van der Waals surface area contributed by atoms with Gasteiger partial charge in [-0.25, -0.2) is 18.1 Å². The monoisotopic (exact) mass is 593 g/mol. The van der Waals surface area contributed by atoms with Crippen molar-refractivity contribution in [3.63, 3.8) is 0 Å². The Kier molecular flexibility index (Phi) is 8.25. The van der Waals surface area contributed by atoms with Crippen LogP contribution in [0.4, 0.5) is 5.69 Å². The summed E-state index contributed by atoms with van der Waals surface area (Å²) in [6.45, 7) is 8.41. The fraction of sp³-hybridized carbons (Fsp3) is 0.385. The number of pyridine rings is 1. The molecule has 0 spiro atoms. The molecule has 0 bridgehead atoms. The summed E-state index contributed by atoms with van der Waals surface area (Å²) in [7, 11) is -3.13. The third kappa shape index (κ3) is 7.09. The van der Waals surface area contributed by atoms with Crippen LogP contribution >= 0.6 is 23.2 Å². The predicted molar refractivity (Wildman–Crippen MR) is 150 cm³/mol. The molecule has 0 saturated carbocycles. The number of hydrogen-bond donors (Lipinski definition) is 2. The molecular weight excluding hydrogens is 565 g/mol. The Bertz CT molecular complexity index is 1520. The summed E-state index contributed by atoms with van der Waals surface area (Å²) in [4.78, 5) is 30.9. The highest BCUT2D eigenvalue weighted by Gasteiger charge is 2.36. The van der Waals surface area contributed by atoms with Crippen molar-refractivity contribution < 1.29 is 22.7 Å². The molecule has 0 radical (unpaired) electrons. The van der Waals surface area contributed by atoms with Crippen molar-refractivity contribution in [2.24, 2.45) is 5.41 Å². The van der Waals surface area contributed by atoms with Crippen LogP contribution in [0.5, 0.6) is 5.88 Å². The Hall–Kier alpha value is -3.15. The maximum absolute atomic E-state index is 13.6. The van der Waals surface area contributed by atoms with Gasteiger partial charge in [0.15, 0.2) is 15.7 Å². The predicted octanol–water partition coefficient (Wildman–Crippen LogP) is 4.48. The normalized spacial score (nSPS) is 14.9. The largest absolute Gasteiger partial charge is 0.471 e. The molecule has 2 N–H and O–H groups in total. The second-order valence-electron chi connectivity index (χ2n) is 10.6. The van der Waals surface area contributed by atoms with Crippen molar-refractivity contribution in [3.05, 3.63) is 63.4 Å². The first-order chi connectivity index (χ1) is 18.2. The number of hydrogen-bond acceptors (Lipinski definition) is 7. The maximum Gasteiger partial charge on any atom is 0.274 e. The molecule has 1 aliphatic heterocycles. The topological polar surface area (TPSA) is 132 Å². The number of rotatable bonds is 8. The number of sulfone groups is 1. The van der Waals surface area contributed by atoms with Gasteiger partial charge in [0.2, 0.25) is 5.88 Å². The number of carbonyl (C=O) groups excluding carboxylic acids is 2. The molecule has 0 unspecified atom stereocenters. The zero-order valence-electron chi connectivity index (χ0n) is 21.9. The Morgan fingerprint density at radius 1 is 1.15 bits per heavy atom. The van der Waals surface area contributed by atoms with E-state index < -0.39 is 21.8 Å². The van der Waals surface area contributed by atoms with Crippen molar-refractivity contribution in [2.75, 3.05) is 23.4 Å². The number of halogens is 2. The van der Waals surface area contributed by atoms with Crippen molar-refractivity contribution in [1.82, 2.24) is 20.1 Å². The van der Waals surface area contributed by atoms with Gasteiger partial charge in [0.1, 0.15) is 11.8 Å². The first-order valence-electron chi connectivity index (χ1n) is 12.2. The lowest BCUT2D eigenvalue weighted by molar-refractivity contribution is 0.0950. The summed E-state index contributed by atoms with van der Waals surface area (Å²) in [5.41, 5.74) is 1.12. The molecule has 39 heavy (non-hydrogen) atoms. The zero-order chi connectivity index (χ0) is 28.5. The van der Waals surface area contributed by atoms with E-state index in [2.05, 4.69) is 41.5 Å². The van der Waals surface area contributed by atoms with Crippen LogP contribution in [0.25, 0.3) is 5.82 Å². The Morgan fingerprint density at radius 2 is 1.87 bits per heavy atom. The highest BCUT2D eigenvalue weighted by Crippen LogP contribution is 2.29. The molecule has 0 aliphatic carbocycles. The molecule has 4 rings (SSSR count). The summed E-state index contributed by atoms with van der Waals surface area (Å²) in [5.74, 6) is -1.05. The van der Waals surface area contributed by atoms with Crippen LogP contribution in [-0.2, 0) is 9.84 Å². The summed E-state index contributed by atoms with van der Waals surface area (Å²) >= 11 is 12.6. The van der Waals surface area contributed by atoms with Gasteiger partial charge in [0.25, 0.3) is 11.8 Å². The SMILES string of the molecule is Cc1cc(Cl)cc(C(=O)NCCC(C)(C)C)c1NC(=O)c1cc(OC2CS(=O)(=O)C2)nn1-c1ncccc1Cl. The maximum atomic E-state index is 13.6. The average Bonchev–Trinajstić information content (AvgIpc) is 3.22. The van der Waals surface area contributed by atoms with Crippen molar-refractivity contribution in [3.8, 4) is 11.7 Å². The first kappa shape index (κ1) is 28.8. The lowest BCUT2D eigenvalue weighted by atomic mass is 9.92. The van der Waals surface area contributed by atoms with E-state index in [1.807, 2.05) is 0 Å². The van der Waals surface area contributed by atoms with E-state index in [1.54, 1.807) is 25.1 Å². The second kappa shape index (κ2) is 11.1. The number of aromatic nitrogens is 3. The number of amides is 2. The summed E-state index contributed by atoms with van der Waals surface area (Å²) in [5, 5.41) is 10.6. The van der Waals surface area contributed by atoms with Gasteiger partial charge in [-0.3, -0.25) is 9.59 Å². The minimum atomic E-state index is -3.13. The van der Waals surface area contributed by atoms with Crippen LogP contribution in [0.2, 0.25) is 10.0 Å². The molecule has 1 aromatic carbocycles. The van der Waals surface area contributed by atoms with E-state index in [0.29, 0.717) is 17.1 Å². The molecule has 3 aromatic rings. The molecule has 1 saturated heterocycles. The second-order valence-corrected chi connectivity index (χ2v) is 13.6. The van der Waals surface area contributed by atoms with Gasteiger partial charge >= 0.3 is 0 Å². The lowest BCUT2D eigenvalue weighted by Crippen LogP contribution is -2.45. The summed E-state index contributed by atoms with van der Waals surface area (Å²) < 4.78 is 30.0. The number of ether oxygens (including phenoxy) is 1. The van der Waals surface area contributed by atoms with E-state index in [1.165, 1.54) is 23.0 Å². The number of benzene rings is 1. The van der Waals surface area contributed by atoms with Crippen LogP contribution < -0.4 is 15.4 Å². The third-order valence-electron chi connectivity index (χ3n) is 5.97. The molecule has 1 fully saturated rings. The fourth-order valence-electron chi connectivity index (χ4n) is 3.94. The molecule has 1 aliphatic rings. The highest BCUT2D eigenvalue weighted by molar-refractivity contribution is 7.92. The van der Waals surface area contributed by atoms with E-state index in [0.717, 1.165) is 6.42 Å². The van der Waals surface area contributed by atoms with E-state index in [9.17, 15) is 18.0 Å². The molecular formula is C26H29Cl2N5O5S. The van der Waals surface area contributed by atoms with Crippen LogP contribution in [0.3, 0.4) is 0 Å². The lowest BCUT2D eigenvalue weighted by Gasteiger charge is -2.25. The number of nitrogens with zero attached hydrogens (tertiary/aromatic N) is 3. The van der Waals surface area contributed by atoms with Gasteiger partial charge in [-0.15, -0.1) is 5.10 Å². The van der Waals surface area contributed by atoms with Crippen LogP contribution in [0, 0.1) is 12.3 Å². The van der Waals surface area contributed by atoms with Crippen molar-refractivity contribution >= 4 is 50.5 Å². The van der Waals surface area contributed by atoms with Gasteiger partial charge in [-0.2, -0.15) is 0 Å². The highest BCUT2D eigenvalue weighted by atomic mass is 35.5. The number of carbonyl (C=O) groups is 2. The summed E-state index contributed by atoms with van der Waals surface area (Å²) in [6, 6.07) is 7.74. The zero-order valence-corrected chi connectivity index (χ0v) is 24.2. The fourth-order valence-corrected chi connectivity index (χ4v) is 5.59. The Balaban J connectivity index is 1.65. The van der Waals surface area contributed by atoms with Crippen molar-refractivity contribution in [2.45, 2.75) is 40.2 Å². The smallest absolute Gasteiger partial charge is 0.274 e. The molecule has 3 heterocycles. The van der Waals surface area contributed by atoms with Crippen LogP contribution in [-0.4, -0.2) is 59.2 Å². The number of anilines is 1.